The third-order valence-electron chi connectivity index (χ3n) is 4.07. The Kier molecular flexibility index (Phi) is 11.7. The molecule has 6 nitrogen and oxygen atoms in total. The summed E-state index contributed by atoms with van der Waals surface area (Å²) in [6.07, 6.45) is 0. The molecule has 0 unspecified atom stereocenters. The minimum absolute atomic E-state index is 0.0233. The normalized spacial score (nSPS) is 9.27. The molecule has 0 saturated carbocycles. The second-order valence-corrected chi connectivity index (χ2v) is 5.86. The number of benzene rings is 3. The van der Waals surface area contributed by atoms with E-state index in [1.54, 1.807) is 72.8 Å². The molecule has 1 heterocycles. The van der Waals surface area contributed by atoms with E-state index in [9.17, 15) is 15.3 Å². The molecule has 33 heavy (non-hydrogen) atoms. The molecule has 0 bridgehead atoms. The van der Waals surface area contributed by atoms with Gasteiger partial charge in [-0.15, -0.1) is 0 Å². The van der Waals surface area contributed by atoms with Gasteiger partial charge in [0.05, 0.1) is 16.7 Å². The number of hydrogen-bond acceptors (Lipinski definition) is 6. The van der Waals surface area contributed by atoms with Gasteiger partial charge in [0.1, 0.15) is 17.2 Å². The van der Waals surface area contributed by atoms with Gasteiger partial charge in [0, 0.05) is 0 Å². The number of aromatic hydroxyl groups is 3. The molecule has 0 aliphatic carbocycles. The van der Waals surface area contributed by atoms with Crippen molar-refractivity contribution in [1.82, 2.24) is 15.0 Å². The molecule has 0 saturated heterocycles. The van der Waals surface area contributed by atoms with Crippen LogP contribution >= 0.6 is 0 Å². The SMILES string of the molecule is CC.CC.CC.Oc1ccccc1-c1nc(-c2ccccc2O)nc(-c2ccccc2O)n1. The smallest absolute Gasteiger partial charge is 0.167 e. The Morgan fingerprint density at radius 3 is 0.818 bits per heavy atom. The highest BCUT2D eigenvalue weighted by atomic mass is 16.3. The first-order valence-electron chi connectivity index (χ1n) is 11.2. The summed E-state index contributed by atoms with van der Waals surface area (Å²) in [4.78, 5) is 13.3. The van der Waals surface area contributed by atoms with Crippen LogP contribution in [0, 0.1) is 0 Å². The monoisotopic (exact) mass is 447 g/mol. The molecular formula is C27H33N3O3. The number of phenols is 3. The summed E-state index contributed by atoms with van der Waals surface area (Å²) in [6.45, 7) is 12.0. The van der Waals surface area contributed by atoms with Gasteiger partial charge in [0.15, 0.2) is 17.5 Å². The van der Waals surface area contributed by atoms with Crippen LogP contribution in [0.3, 0.4) is 0 Å². The fourth-order valence-corrected chi connectivity index (χ4v) is 2.73. The van der Waals surface area contributed by atoms with Crippen LogP contribution in [-0.4, -0.2) is 30.3 Å². The number of hydrogen-bond donors (Lipinski definition) is 3. The van der Waals surface area contributed by atoms with Crippen LogP contribution in [-0.2, 0) is 0 Å². The fourth-order valence-electron chi connectivity index (χ4n) is 2.73. The summed E-state index contributed by atoms with van der Waals surface area (Å²) in [5, 5.41) is 30.6. The van der Waals surface area contributed by atoms with Crippen molar-refractivity contribution < 1.29 is 15.3 Å². The summed E-state index contributed by atoms with van der Waals surface area (Å²) in [6, 6.07) is 20.1. The van der Waals surface area contributed by atoms with E-state index in [1.807, 2.05) is 41.5 Å². The summed E-state index contributed by atoms with van der Waals surface area (Å²) >= 11 is 0. The Bertz CT molecular complexity index is 977. The van der Waals surface area contributed by atoms with Crippen LogP contribution in [0.4, 0.5) is 0 Å². The van der Waals surface area contributed by atoms with Crippen LogP contribution in [0.25, 0.3) is 34.2 Å². The number of aromatic nitrogens is 3. The van der Waals surface area contributed by atoms with E-state index in [0.29, 0.717) is 16.7 Å². The summed E-state index contributed by atoms with van der Waals surface area (Å²) in [5.74, 6) is 0.777. The number of phenolic OH excluding ortho intramolecular Hbond substituents is 3. The Morgan fingerprint density at radius 1 is 0.394 bits per heavy atom. The standard InChI is InChI=1S/C21H15N3O3.3C2H6/c25-16-10-4-1-7-13(16)19-22-20(14-8-2-5-11-17(14)26)24-21(23-19)15-9-3-6-12-18(15)27;3*1-2/h1-12,25-27H;3*1-2H3. The van der Waals surface area contributed by atoms with Crippen LogP contribution in [0.2, 0.25) is 0 Å². The largest absolute Gasteiger partial charge is 0.507 e. The Hall–Kier alpha value is -3.93. The summed E-state index contributed by atoms with van der Waals surface area (Å²) in [5.41, 5.74) is 1.27. The van der Waals surface area contributed by atoms with Gasteiger partial charge in [0.25, 0.3) is 0 Å². The van der Waals surface area contributed by atoms with Gasteiger partial charge < -0.3 is 15.3 Å². The van der Waals surface area contributed by atoms with Crippen molar-refractivity contribution in [3.8, 4) is 51.4 Å². The topological polar surface area (TPSA) is 99.4 Å². The molecule has 4 aromatic rings. The molecule has 0 fully saturated rings. The van der Waals surface area contributed by atoms with Crippen LogP contribution in [0.5, 0.6) is 17.2 Å². The molecule has 1 aromatic heterocycles. The molecule has 0 atom stereocenters. The molecule has 0 aliphatic heterocycles. The fraction of sp³-hybridized carbons (Fsp3) is 0.222. The van der Waals surface area contributed by atoms with Gasteiger partial charge >= 0.3 is 0 Å². The molecule has 4 rings (SSSR count). The predicted molar refractivity (Wildman–Crippen MR) is 135 cm³/mol. The zero-order valence-electron chi connectivity index (χ0n) is 20.1. The van der Waals surface area contributed by atoms with Gasteiger partial charge in [0.2, 0.25) is 0 Å². The third kappa shape index (κ3) is 6.77. The summed E-state index contributed by atoms with van der Waals surface area (Å²) in [7, 11) is 0. The first kappa shape index (κ1) is 27.1. The Morgan fingerprint density at radius 2 is 0.606 bits per heavy atom. The highest BCUT2D eigenvalue weighted by Crippen LogP contribution is 2.33. The number of nitrogens with zero attached hydrogens (tertiary/aromatic N) is 3. The van der Waals surface area contributed by atoms with Gasteiger partial charge in [-0.05, 0) is 36.4 Å². The van der Waals surface area contributed by atoms with Crippen molar-refractivity contribution in [2.75, 3.05) is 0 Å². The first-order valence-corrected chi connectivity index (χ1v) is 11.2. The van der Waals surface area contributed by atoms with E-state index >= 15 is 0 Å². The number of rotatable bonds is 3. The van der Waals surface area contributed by atoms with E-state index in [1.165, 1.54) is 0 Å². The van der Waals surface area contributed by atoms with Crippen molar-refractivity contribution >= 4 is 0 Å². The quantitative estimate of drug-likeness (QED) is 0.311. The van der Waals surface area contributed by atoms with E-state index in [2.05, 4.69) is 15.0 Å². The molecule has 3 N–H and O–H groups in total. The molecule has 0 radical (unpaired) electrons. The maximum absolute atomic E-state index is 10.2. The lowest BCUT2D eigenvalue weighted by Crippen LogP contribution is -2.00. The van der Waals surface area contributed by atoms with Crippen molar-refractivity contribution in [1.29, 1.82) is 0 Å². The van der Waals surface area contributed by atoms with Gasteiger partial charge in [-0.25, -0.2) is 15.0 Å². The van der Waals surface area contributed by atoms with Gasteiger partial charge in [-0.3, -0.25) is 0 Å². The second kappa shape index (κ2) is 14.2. The lowest BCUT2D eigenvalue weighted by atomic mass is 10.1. The minimum Gasteiger partial charge on any atom is -0.507 e. The van der Waals surface area contributed by atoms with E-state index < -0.39 is 0 Å². The molecular weight excluding hydrogens is 414 g/mol. The van der Waals surface area contributed by atoms with E-state index in [4.69, 9.17) is 0 Å². The van der Waals surface area contributed by atoms with Gasteiger partial charge in [-0.1, -0.05) is 77.9 Å². The van der Waals surface area contributed by atoms with Crippen LogP contribution in [0.15, 0.2) is 72.8 Å². The lowest BCUT2D eigenvalue weighted by Gasteiger charge is -2.10. The average Bonchev–Trinajstić information content (AvgIpc) is 2.88. The zero-order valence-corrected chi connectivity index (χ0v) is 20.1. The molecule has 0 spiro atoms. The van der Waals surface area contributed by atoms with Crippen LogP contribution in [0.1, 0.15) is 41.5 Å². The molecule has 0 amide bonds. The van der Waals surface area contributed by atoms with Crippen molar-refractivity contribution in [3.05, 3.63) is 72.8 Å². The van der Waals surface area contributed by atoms with Crippen molar-refractivity contribution in [2.24, 2.45) is 0 Å². The molecule has 6 heteroatoms. The number of para-hydroxylation sites is 3. The second-order valence-electron chi connectivity index (χ2n) is 5.86. The van der Waals surface area contributed by atoms with E-state index in [-0.39, 0.29) is 34.7 Å². The maximum atomic E-state index is 10.2. The highest BCUT2D eigenvalue weighted by molar-refractivity contribution is 5.73. The third-order valence-corrected chi connectivity index (χ3v) is 4.07. The van der Waals surface area contributed by atoms with Gasteiger partial charge in [-0.2, -0.15) is 0 Å². The van der Waals surface area contributed by atoms with Crippen molar-refractivity contribution in [2.45, 2.75) is 41.5 Å². The Balaban J connectivity index is 0.000000841. The van der Waals surface area contributed by atoms with Crippen LogP contribution < -0.4 is 0 Å². The molecule has 3 aromatic carbocycles. The predicted octanol–water partition coefficient (Wildman–Crippen LogP) is 7.07. The average molecular weight is 448 g/mol. The minimum atomic E-state index is 0.0233. The molecule has 174 valence electrons. The van der Waals surface area contributed by atoms with E-state index in [0.717, 1.165) is 0 Å². The Labute approximate surface area is 196 Å². The zero-order chi connectivity index (χ0) is 24.8. The summed E-state index contributed by atoms with van der Waals surface area (Å²) < 4.78 is 0. The van der Waals surface area contributed by atoms with Crippen molar-refractivity contribution in [3.63, 3.8) is 0 Å². The first-order chi connectivity index (χ1) is 16.1. The highest BCUT2D eigenvalue weighted by Gasteiger charge is 2.17. The lowest BCUT2D eigenvalue weighted by molar-refractivity contribution is 0.477. The molecule has 0 aliphatic rings. The maximum Gasteiger partial charge on any atom is 0.167 e.